The molecule has 1 fully saturated rings. The number of nitrogens with zero attached hydrogens (tertiary/aromatic N) is 1. The fourth-order valence-corrected chi connectivity index (χ4v) is 4.21. The summed E-state index contributed by atoms with van der Waals surface area (Å²) < 4.78 is 24.8. The van der Waals surface area contributed by atoms with E-state index >= 15 is 0 Å². The SMILES string of the molecule is CO[C@@H]1c2ccc(O)cc2OC[C@@H]1N1CCC(O)(c2ccc(F)cc2)CC1. The van der Waals surface area contributed by atoms with Gasteiger partial charge < -0.3 is 19.7 Å². The number of likely N-dealkylation sites (tertiary alicyclic amines) is 1. The molecule has 2 heterocycles. The molecule has 144 valence electrons. The molecule has 0 saturated carbocycles. The lowest BCUT2D eigenvalue weighted by Gasteiger charge is -2.45. The van der Waals surface area contributed by atoms with E-state index in [-0.39, 0.29) is 23.7 Å². The van der Waals surface area contributed by atoms with E-state index in [1.807, 2.05) is 6.07 Å². The maximum atomic E-state index is 13.2. The molecule has 2 aliphatic rings. The predicted octanol–water partition coefficient (Wildman–Crippen LogP) is 2.96. The highest BCUT2D eigenvalue weighted by Crippen LogP contribution is 2.41. The zero-order valence-electron chi connectivity index (χ0n) is 15.3. The number of fused-ring (bicyclic) bond motifs is 1. The number of rotatable bonds is 3. The number of piperidine rings is 1. The van der Waals surface area contributed by atoms with E-state index in [1.54, 1.807) is 31.4 Å². The molecule has 0 unspecified atom stereocenters. The second-order valence-corrected chi connectivity index (χ2v) is 7.33. The number of phenolic OH excluding ortho intramolecular Hbond substituents is 1. The molecule has 0 spiro atoms. The number of methoxy groups -OCH3 is 1. The summed E-state index contributed by atoms with van der Waals surface area (Å²) in [4.78, 5) is 2.28. The van der Waals surface area contributed by atoms with Gasteiger partial charge in [-0.3, -0.25) is 4.90 Å². The van der Waals surface area contributed by atoms with Crippen LogP contribution in [0.3, 0.4) is 0 Å². The van der Waals surface area contributed by atoms with Crippen molar-refractivity contribution in [1.82, 2.24) is 4.90 Å². The van der Waals surface area contributed by atoms with Crippen LogP contribution in [0.1, 0.15) is 30.1 Å². The van der Waals surface area contributed by atoms with E-state index < -0.39 is 5.60 Å². The monoisotopic (exact) mass is 373 g/mol. The van der Waals surface area contributed by atoms with Gasteiger partial charge in [-0.2, -0.15) is 0 Å². The first kappa shape index (κ1) is 18.2. The van der Waals surface area contributed by atoms with Crippen molar-refractivity contribution in [2.24, 2.45) is 0 Å². The van der Waals surface area contributed by atoms with Crippen LogP contribution in [0.5, 0.6) is 11.5 Å². The smallest absolute Gasteiger partial charge is 0.128 e. The zero-order valence-corrected chi connectivity index (χ0v) is 15.3. The molecule has 1 saturated heterocycles. The summed E-state index contributed by atoms with van der Waals surface area (Å²) >= 11 is 0. The Bertz CT molecular complexity index is 802. The third-order valence-corrected chi connectivity index (χ3v) is 5.79. The number of hydrogen-bond acceptors (Lipinski definition) is 5. The summed E-state index contributed by atoms with van der Waals surface area (Å²) in [6, 6.07) is 11.2. The topological polar surface area (TPSA) is 62.2 Å². The molecule has 6 heteroatoms. The molecule has 0 amide bonds. The van der Waals surface area contributed by atoms with Gasteiger partial charge in [-0.05, 0) is 42.7 Å². The number of hydrogen-bond donors (Lipinski definition) is 2. The van der Waals surface area contributed by atoms with Gasteiger partial charge in [0.15, 0.2) is 0 Å². The van der Waals surface area contributed by atoms with Crippen LogP contribution in [-0.4, -0.2) is 48.0 Å². The van der Waals surface area contributed by atoms with Crippen LogP contribution in [0.25, 0.3) is 0 Å². The summed E-state index contributed by atoms with van der Waals surface area (Å²) in [6.07, 6.45) is 0.966. The minimum Gasteiger partial charge on any atom is -0.508 e. The van der Waals surface area contributed by atoms with Crippen molar-refractivity contribution in [3.63, 3.8) is 0 Å². The van der Waals surface area contributed by atoms with Crippen molar-refractivity contribution >= 4 is 0 Å². The Kier molecular flexibility index (Phi) is 4.80. The van der Waals surface area contributed by atoms with Crippen molar-refractivity contribution in [2.45, 2.75) is 30.6 Å². The number of aliphatic hydroxyl groups is 1. The standard InChI is InChI=1S/C21H24FNO4/c1-26-20-17-7-6-16(24)12-19(17)27-13-18(20)23-10-8-21(25,9-11-23)14-2-4-15(22)5-3-14/h2-7,12,18,20,24-25H,8-11,13H2,1H3/t18-,20+/m0/s1. The quantitative estimate of drug-likeness (QED) is 0.866. The summed E-state index contributed by atoms with van der Waals surface area (Å²) in [6.45, 7) is 1.84. The highest BCUT2D eigenvalue weighted by Gasteiger charge is 2.41. The van der Waals surface area contributed by atoms with E-state index in [0.29, 0.717) is 38.3 Å². The summed E-state index contributed by atoms with van der Waals surface area (Å²) in [5.41, 5.74) is 0.741. The number of aromatic hydroxyl groups is 1. The van der Waals surface area contributed by atoms with Gasteiger partial charge in [-0.1, -0.05) is 12.1 Å². The largest absolute Gasteiger partial charge is 0.508 e. The van der Waals surface area contributed by atoms with E-state index in [4.69, 9.17) is 9.47 Å². The third-order valence-electron chi connectivity index (χ3n) is 5.79. The van der Waals surface area contributed by atoms with Gasteiger partial charge in [-0.15, -0.1) is 0 Å². The van der Waals surface area contributed by atoms with Gasteiger partial charge in [0.1, 0.15) is 30.0 Å². The van der Waals surface area contributed by atoms with Crippen LogP contribution in [0, 0.1) is 5.82 Å². The second kappa shape index (κ2) is 7.11. The fourth-order valence-electron chi connectivity index (χ4n) is 4.21. The van der Waals surface area contributed by atoms with Crippen molar-refractivity contribution in [3.8, 4) is 11.5 Å². The molecular weight excluding hydrogens is 349 g/mol. The average molecular weight is 373 g/mol. The van der Waals surface area contributed by atoms with Crippen LogP contribution < -0.4 is 4.74 Å². The molecule has 2 aromatic rings. The molecule has 2 atom stereocenters. The number of ether oxygens (including phenoxy) is 2. The van der Waals surface area contributed by atoms with Gasteiger partial charge >= 0.3 is 0 Å². The number of phenols is 1. The highest BCUT2D eigenvalue weighted by molar-refractivity contribution is 5.43. The molecule has 2 N–H and O–H groups in total. The van der Waals surface area contributed by atoms with E-state index in [2.05, 4.69) is 4.90 Å². The van der Waals surface area contributed by atoms with Crippen LogP contribution in [-0.2, 0) is 10.3 Å². The van der Waals surface area contributed by atoms with Crippen LogP contribution in [0.2, 0.25) is 0 Å². The van der Waals surface area contributed by atoms with E-state index in [1.165, 1.54) is 12.1 Å². The highest BCUT2D eigenvalue weighted by atomic mass is 19.1. The summed E-state index contributed by atoms with van der Waals surface area (Å²) in [7, 11) is 1.68. The first-order valence-corrected chi connectivity index (χ1v) is 9.21. The Morgan fingerprint density at radius 1 is 1.15 bits per heavy atom. The normalized spacial score (nSPS) is 24.9. The molecular formula is C21H24FNO4. The average Bonchev–Trinajstić information content (AvgIpc) is 2.68. The second-order valence-electron chi connectivity index (χ2n) is 7.33. The zero-order chi connectivity index (χ0) is 19.0. The Labute approximate surface area is 158 Å². The minimum absolute atomic E-state index is 0.0322. The Morgan fingerprint density at radius 2 is 1.85 bits per heavy atom. The molecule has 2 aromatic carbocycles. The molecule has 5 nitrogen and oxygen atoms in total. The Hall–Kier alpha value is -2.15. The first-order valence-electron chi connectivity index (χ1n) is 9.21. The fraction of sp³-hybridized carbons (Fsp3) is 0.429. The van der Waals surface area contributed by atoms with E-state index in [9.17, 15) is 14.6 Å². The number of halogens is 1. The molecule has 0 aromatic heterocycles. The van der Waals surface area contributed by atoms with Crippen LogP contribution in [0.4, 0.5) is 4.39 Å². The lowest BCUT2D eigenvalue weighted by Crippen LogP contribution is -2.52. The van der Waals surface area contributed by atoms with Crippen molar-refractivity contribution in [1.29, 1.82) is 0 Å². The molecule has 2 aliphatic heterocycles. The van der Waals surface area contributed by atoms with Gasteiger partial charge in [0.05, 0.1) is 11.6 Å². The lowest BCUT2D eigenvalue weighted by atomic mass is 9.83. The first-order chi connectivity index (χ1) is 13.0. The summed E-state index contributed by atoms with van der Waals surface area (Å²) in [5.74, 6) is 0.522. The number of benzene rings is 2. The van der Waals surface area contributed by atoms with Crippen LogP contribution >= 0.6 is 0 Å². The van der Waals surface area contributed by atoms with Gasteiger partial charge in [-0.25, -0.2) is 4.39 Å². The third kappa shape index (κ3) is 3.40. The Balaban J connectivity index is 1.49. The maximum absolute atomic E-state index is 13.2. The Morgan fingerprint density at radius 3 is 2.52 bits per heavy atom. The molecule has 27 heavy (non-hydrogen) atoms. The van der Waals surface area contributed by atoms with Gasteiger partial charge in [0.25, 0.3) is 0 Å². The molecule has 0 aliphatic carbocycles. The van der Waals surface area contributed by atoms with Gasteiger partial charge in [0, 0.05) is 31.8 Å². The predicted molar refractivity (Wildman–Crippen MR) is 98.2 cm³/mol. The maximum Gasteiger partial charge on any atom is 0.128 e. The molecule has 0 radical (unpaired) electrons. The van der Waals surface area contributed by atoms with Crippen molar-refractivity contribution in [3.05, 3.63) is 59.4 Å². The minimum atomic E-state index is -0.939. The van der Waals surface area contributed by atoms with E-state index in [0.717, 1.165) is 11.1 Å². The molecule has 4 rings (SSSR count). The lowest BCUT2D eigenvalue weighted by molar-refractivity contribution is -0.0750. The van der Waals surface area contributed by atoms with Crippen molar-refractivity contribution < 1.29 is 24.1 Å². The molecule has 0 bridgehead atoms. The van der Waals surface area contributed by atoms with Crippen molar-refractivity contribution in [2.75, 3.05) is 26.8 Å². The van der Waals surface area contributed by atoms with Gasteiger partial charge in [0.2, 0.25) is 0 Å². The summed E-state index contributed by atoms with van der Waals surface area (Å²) in [5, 5.41) is 20.7. The van der Waals surface area contributed by atoms with Crippen LogP contribution in [0.15, 0.2) is 42.5 Å².